The lowest BCUT2D eigenvalue weighted by atomic mass is 10.2. The lowest BCUT2D eigenvalue weighted by molar-refractivity contribution is 0.0552. The lowest BCUT2D eigenvalue weighted by Gasteiger charge is -2.33. The minimum atomic E-state index is -3.03. The second-order valence-electron chi connectivity index (χ2n) is 2.23. The zero-order chi connectivity index (χ0) is 7.07. The van der Waals surface area contributed by atoms with E-state index in [1.165, 1.54) is 4.31 Å². The first-order valence-electron chi connectivity index (χ1n) is 2.63. The second-order valence-corrected chi connectivity index (χ2v) is 4.22. The molecular formula is C4H9NO3S. The van der Waals surface area contributed by atoms with Gasteiger partial charge < -0.3 is 5.11 Å². The van der Waals surface area contributed by atoms with Crippen molar-refractivity contribution in [1.82, 2.24) is 4.31 Å². The number of hydrogen-bond acceptors (Lipinski definition) is 3. The molecule has 0 aliphatic carbocycles. The molecule has 0 unspecified atom stereocenters. The van der Waals surface area contributed by atoms with E-state index in [1.54, 1.807) is 0 Å². The van der Waals surface area contributed by atoms with Crippen LogP contribution in [0.4, 0.5) is 0 Å². The molecule has 9 heavy (non-hydrogen) atoms. The summed E-state index contributed by atoms with van der Waals surface area (Å²) < 4.78 is 22.4. The predicted molar refractivity (Wildman–Crippen MR) is 32.4 cm³/mol. The fraction of sp³-hybridized carbons (Fsp3) is 1.00. The molecule has 1 aliphatic rings. The molecule has 0 amide bonds. The molecule has 0 saturated carbocycles. The standard InChI is InChI=1S/C4H9NO3S/c1-9(7,8)5-2-4(6)3-5/h4,6H,2-3H2,1H3. The van der Waals surface area contributed by atoms with Crippen molar-refractivity contribution in [2.75, 3.05) is 19.3 Å². The number of aliphatic hydroxyl groups excluding tert-OH is 1. The zero-order valence-electron chi connectivity index (χ0n) is 5.11. The molecule has 1 fully saturated rings. The van der Waals surface area contributed by atoms with Crippen LogP contribution in [0.5, 0.6) is 0 Å². The molecule has 54 valence electrons. The first kappa shape index (κ1) is 6.98. The Morgan fingerprint density at radius 3 is 2.11 bits per heavy atom. The molecule has 0 bridgehead atoms. The van der Waals surface area contributed by atoms with E-state index in [-0.39, 0.29) is 13.1 Å². The summed E-state index contributed by atoms with van der Waals surface area (Å²) in [4.78, 5) is 0. The summed E-state index contributed by atoms with van der Waals surface area (Å²) >= 11 is 0. The number of aliphatic hydroxyl groups is 1. The Balaban J connectivity index is 2.51. The van der Waals surface area contributed by atoms with Crippen molar-refractivity contribution >= 4 is 10.0 Å². The van der Waals surface area contributed by atoms with E-state index >= 15 is 0 Å². The maximum absolute atomic E-state index is 10.6. The van der Waals surface area contributed by atoms with Gasteiger partial charge in [0.1, 0.15) is 0 Å². The maximum atomic E-state index is 10.6. The van der Waals surface area contributed by atoms with Crippen molar-refractivity contribution in [2.45, 2.75) is 6.10 Å². The van der Waals surface area contributed by atoms with Crippen molar-refractivity contribution < 1.29 is 13.5 Å². The summed E-state index contributed by atoms with van der Waals surface area (Å²) in [6.07, 6.45) is 0.693. The van der Waals surface area contributed by atoms with E-state index in [0.29, 0.717) is 0 Å². The molecule has 1 aliphatic heterocycles. The van der Waals surface area contributed by atoms with E-state index in [0.717, 1.165) is 6.26 Å². The Kier molecular flexibility index (Phi) is 1.50. The van der Waals surface area contributed by atoms with Crippen LogP contribution < -0.4 is 0 Å². The fourth-order valence-corrected chi connectivity index (χ4v) is 1.57. The van der Waals surface area contributed by atoms with Gasteiger partial charge in [0, 0.05) is 13.1 Å². The second kappa shape index (κ2) is 1.93. The van der Waals surface area contributed by atoms with Crippen molar-refractivity contribution in [3.63, 3.8) is 0 Å². The maximum Gasteiger partial charge on any atom is 0.211 e. The molecule has 4 nitrogen and oxygen atoms in total. The number of nitrogens with zero attached hydrogens (tertiary/aromatic N) is 1. The minimum absolute atomic E-state index is 0.263. The van der Waals surface area contributed by atoms with Crippen molar-refractivity contribution in [1.29, 1.82) is 0 Å². The highest BCUT2D eigenvalue weighted by molar-refractivity contribution is 7.88. The SMILES string of the molecule is CS(=O)(=O)N1CC(O)C1. The van der Waals surface area contributed by atoms with E-state index < -0.39 is 16.1 Å². The molecule has 5 heteroatoms. The first-order valence-corrected chi connectivity index (χ1v) is 4.48. The third kappa shape index (κ3) is 1.41. The Hall–Kier alpha value is -0.130. The van der Waals surface area contributed by atoms with Crippen molar-refractivity contribution in [3.05, 3.63) is 0 Å². The quantitative estimate of drug-likeness (QED) is 0.502. The summed E-state index contributed by atoms with van der Waals surface area (Å²) in [5.41, 5.74) is 0. The Morgan fingerprint density at radius 2 is 2.00 bits per heavy atom. The van der Waals surface area contributed by atoms with Gasteiger partial charge in [0.2, 0.25) is 10.0 Å². The van der Waals surface area contributed by atoms with E-state index in [9.17, 15) is 8.42 Å². The summed E-state index contributed by atoms with van der Waals surface area (Å²) in [5.74, 6) is 0. The average Bonchev–Trinajstić information content (AvgIpc) is 1.55. The Morgan fingerprint density at radius 1 is 1.56 bits per heavy atom. The van der Waals surface area contributed by atoms with Gasteiger partial charge in [0.05, 0.1) is 12.4 Å². The average molecular weight is 151 g/mol. The van der Waals surface area contributed by atoms with E-state index in [1.807, 2.05) is 0 Å². The van der Waals surface area contributed by atoms with Gasteiger partial charge in [-0.05, 0) is 0 Å². The molecule has 1 saturated heterocycles. The normalized spacial score (nSPS) is 23.8. The molecule has 0 aromatic carbocycles. The highest BCUT2D eigenvalue weighted by atomic mass is 32.2. The van der Waals surface area contributed by atoms with Gasteiger partial charge in [-0.15, -0.1) is 0 Å². The summed E-state index contributed by atoms with van der Waals surface area (Å²) in [6.45, 7) is 0.525. The molecule has 1 heterocycles. The Bertz CT molecular complexity index is 192. The summed E-state index contributed by atoms with van der Waals surface area (Å²) in [7, 11) is -3.03. The van der Waals surface area contributed by atoms with Gasteiger partial charge in [-0.3, -0.25) is 0 Å². The molecule has 0 radical (unpaired) electrons. The highest BCUT2D eigenvalue weighted by Crippen LogP contribution is 2.10. The summed E-state index contributed by atoms with van der Waals surface area (Å²) in [6, 6.07) is 0. The highest BCUT2D eigenvalue weighted by Gasteiger charge is 2.31. The molecule has 0 spiro atoms. The molecular weight excluding hydrogens is 142 g/mol. The van der Waals surface area contributed by atoms with Crippen LogP contribution >= 0.6 is 0 Å². The van der Waals surface area contributed by atoms with Gasteiger partial charge in [0.25, 0.3) is 0 Å². The van der Waals surface area contributed by atoms with Gasteiger partial charge in [-0.2, -0.15) is 4.31 Å². The zero-order valence-corrected chi connectivity index (χ0v) is 5.93. The van der Waals surface area contributed by atoms with Crippen LogP contribution in [0.15, 0.2) is 0 Å². The summed E-state index contributed by atoms with van der Waals surface area (Å²) in [5, 5.41) is 8.68. The van der Waals surface area contributed by atoms with Crippen molar-refractivity contribution in [3.8, 4) is 0 Å². The van der Waals surface area contributed by atoms with Gasteiger partial charge in [-0.1, -0.05) is 0 Å². The van der Waals surface area contributed by atoms with Gasteiger partial charge >= 0.3 is 0 Å². The lowest BCUT2D eigenvalue weighted by Crippen LogP contribution is -2.52. The molecule has 1 N–H and O–H groups in total. The number of hydrogen-bond donors (Lipinski definition) is 1. The van der Waals surface area contributed by atoms with Gasteiger partial charge in [0.15, 0.2) is 0 Å². The van der Waals surface area contributed by atoms with Crippen molar-refractivity contribution in [2.24, 2.45) is 0 Å². The van der Waals surface area contributed by atoms with Crippen LogP contribution in [0.25, 0.3) is 0 Å². The van der Waals surface area contributed by atoms with Crippen LogP contribution in [0.2, 0.25) is 0 Å². The third-order valence-electron chi connectivity index (χ3n) is 1.30. The van der Waals surface area contributed by atoms with E-state index in [4.69, 9.17) is 5.11 Å². The minimum Gasteiger partial charge on any atom is -0.390 e. The van der Waals surface area contributed by atoms with Crippen LogP contribution in [-0.4, -0.2) is 43.3 Å². The fourth-order valence-electron chi connectivity index (χ4n) is 0.687. The number of sulfonamides is 1. The number of rotatable bonds is 1. The third-order valence-corrected chi connectivity index (χ3v) is 2.53. The molecule has 0 atom stereocenters. The van der Waals surface area contributed by atoms with Crippen LogP contribution in [0.1, 0.15) is 0 Å². The van der Waals surface area contributed by atoms with Gasteiger partial charge in [-0.25, -0.2) is 8.42 Å². The Labute approximate surface area is 54.1 Å². The number of β-amino-alcohol motifs (C(OH)–C–C–N with tert-alkyl or cyclic N) is 1. The predicted octanol–water partition coefficient (Wildman–Crippen LogP) is -1.38. The van der Waals surface area contributed by atoms with E-state index in [2.05, 4.69) is 0 Å². The smallest absolute Gasteiger partial charge is 0.211 e. The van der Waals surface area contributed by atoms with Crippen LogP contribution in [0, 0.1) is 0 Å². The largest absolute Gasteiger partial charge is 0.390 e. The monoisotopic (exact) mass is 151 g/mol. The molecule has 0 aromatic heterocycles. The molecule has 1 rings (SSSR count). The van der Waals surface area contributed by atoms with Crippen LogP contribution in [-0.2, 0) is 10.0 Å². The first-order chi connectivity index (χ1) is 4.00. The molecule has 0 aromatic rings. The topological polar surface area (TPSA) is 57.6 Å². The van der Waals surface area contributed by atoms with Crippen LogP contribution in [0.3, 0.4) is 0 Å².